The molecule has 5 nitrogen and oxygen atoms in total. The number of piperidine rings is 1. The van der Waals surface area contributed by atoms with Crippen LogP contribution in [0.2, 0.25) is 0 Å². The third-order valence-electron chi connectivity index (χ3n) is 3.85. The number of carbonyl (C=O) groups excluding carboxylic acids is 1. The van der Waals surface area contributed by atoms with Gasteiger partial charge in [-0.15, -0.1) is 0 Å². The largest absolute Gasteiger partial charge is 0.345 e. The number of carbonyl (C=O) groups is 1. The summed E-state index contributed by atoms with van der Waals surface area (Å²) in [6.07, 6.45) is 4.84. The van der Waals surface area contributed by atoms with Crippen LogP contribution in [-0.2, 0) is 21.2 Å². The normalized spacial score (nSPS) is 17.4. The molecule has 0 aromatic carbocycles. The highest BCUT2D eigenvalue weighted by Crippen LogP contribution is 2.20. The standard InChI is InChI=1S/C15H24N2O3S/c1-13(2)12-21(19,20)14-5-9-17(10-6-14)15(18)11-16-7-3-4-8-16/h3-4,7-8,13-14H,5-6,9-12H2,1-2H3. The van der Waals surface area contributed by atoms with Crippen molar-refractivity contribution < 1.29 is 13.2 Å². The molecule has 1 aromatic rings. The van der Waals surface area contributed by atoms with Gasteiger partial charge in [-0.25, -0.2) is 8.42 Å². The molecule has 0 unspecified atom stereocenters. The van der Waals surface area contributed by atoms with Crippen molar-refractivity contribution in [1.82, 2.24) is 9.47 Å². The van der Waals surface area contributed by atoms with E-state index in [0.29, 0.717) is 32.5 Å². The summed E-state index contributed by atoms with van der Waals surface area (Å²) in [6.45, 7) is 5.27. The van der Waals surface area contributed by atoms with E-state index in [2.05, 4.69) is 0 Å². The SMILES string of the molecule is CC(C)CS(=O)(=O)C1CCN(C(=O)Cn2cccc2)CC1. The van der Waals surface area contributed by atoms with E-state index in [0.717, 1.165) is 0 Å². The van der Waals surface area contributed by atoms with Crippen LogP contribution in [0.5, 0.6) is 0 Å². The Bertz CT molecular complexity index is 556. The molecule has 1 fully saturated rings. The van der Waals surface area contributed by atoms with Crippen LogP contribution in [-0.4, -0.2) is 47.9 Å². The van der Waals surface area contributed by atoms with Gasteiger partial charge in [0.1, 0.15) is 6.54 Å². The minimum atomic E-state index is -3.02. The molecule has 0 radical (unpaired) electrons. The van der Waals surface area contributed by atoms with Gasteiger partial charge in [-0.1, -0.05) is 13.8 Å². The zero-order valence-electron chi connectivity index (χ0n) is 12.7. The molecule has 0 spiro atoms. The van der Waals surface area contributed by atoms with Crippen molar-refractivity contribution in [2.75, 3.05) is 18.8 Å². The number of rotatable bonds is 5. The first kappa shape index (κ1) is 16.1. The number of aromatic nitrogens is 1. The molecular formula is C15H24N2O3S. The summed E-state index contributed by atoms with van der Waals surface area (Å²) >= 11 is 0. The first-order valence-corrected chi connectivity index (χ1v) is 9.20. The molecule has 0 saturated carbocycles. The van der Waals surface area contributed by atoms with Crippen molar-refractivity contribution in [2.24, 2.45) is 5.92 Å². The highest BCUT2D eigenvalue weighted by molar-refractivity contribution is 7.92. The molecule has 0 bridgehead atoms. The predicted molar refractivity (Wildman–Crippen MR) is 82.7 cm³/mol. The van der Waals surface area contributed by atoms with Crippen LogP contribution in [0.25, 0.3) is 0 Å². The molecular weight excluding hydrogens is 288 g/mol. The molecule has 1 aliphatic heterocycles. The highest BCUT2D eigenvalue weighted by Gasteiger charge is 2.31. The lowest BCUT2D eigenvalue weighted by Gasteiger charge is -2.32. The van der Waals surface area contributed by atoms with Gasteiger partial charge in [0.25, 0.3) is 0 Å². The average molecular weight is 312 g/mol. The topological polar surface area (TPSA) is 59.4 Å². The maximum atomic E-state index is 12.2. The lowest BCUT2D eigenvalue weighted by atomic mass is 10.1. The first-order chi connectivity index (χ1) is 9.88. The Kier molecular flexibility index (Phi) is 5.08. The maximum Gasteiger partial charge on any atom is 0.242 e. The molecule has 0 atom stereocenters. The Balaban J connectivity index is 1.87. The fourth-order valence-electron chi connectivity index (χ4n) is 2.80. The summed E-state index contributed by atoms with van der Waals surface area (Å²) in [7, 11) is -3.02. The van der Waals surface area contributed by atoms with E-state index in [1.807, 2.05) is 42.9 Å². The lowest BCUT2D eigenvalue weighted by Crippen LogP contribution is -2.44. The number of hydrogen-bond donors (Lipinski definition) is 0. The van der Waals surface area contributed by atoms with Crippen LogP contribution in [0.15, 0.2) is 24.5 Å². The molecule has 6 heteroatoms. The van der Waals surface area contributed by atoms with Crippen molar-refractivity contribution in [2.45, 2.75) is 38.5 Å². The van der Waals surface area contributed by atoms with Crippen molar-refractivity contribution in [3.63, 3.8) is 0 Å². The van der Waals surface area contributed by atoms with E-state index in [-0.39, 0.29) is 22.8 Å². The van der Waals surface area contributed by atoms with Crippen molar-refractivity contribution >= 4 is 15.7 Å². The molecule has 1 aliphatic rings. The van der Waals surface area contributed by atoms with E-state index >= 15 is 0 Å². The quantitative estimate of drug-likeness (QED) is 0.829. The zero-order chi connectivity index (χ0) is 15.5. The fraction of sp³-hybridized carbons (Fsp3) is 0.667. The van der Waals surface area contributed by atoms with E-state index in [1.54, 1.807) is 4.90 Å². The number of sulfone groups is 1. The van der Waals surface area contributed by atoms with E-state index in [1.165, 1.54) is 0 Å². The first-order valence-electron chi connectivity index (χ1n) is 7.48. The average Bonchev–Trinajstić information content (AvgIpc) is 2.90. The van der Waals surface area contributed by atoms with Gasteiger partial charge in [-0.3, -0.25) is 4.79 Å². The van der Waals surface area contributed by atoms with E-state index in [4.69, 9.17) is 0 Å². The zero-order valence-corrected chi connectivity index (χ0v) is 13.6. The van der Waals surface area contributed by atoms with Crippen molar-refractivity contribution in [1.29, 1.82) is 0 Å². The second kappa shape index (κ2) is 6.64. The maximum absolute atomic E-state index is 12.2. The number of amides is 1. The second-order valence-electron chi connectivity index (χ2n) is 6.16. The number of likely N-dealkylation sites (tertiary alicyclic amines) is 1. The van der Waals surface area contributed by atoms with Gasteiger partial charge >= 0.3 is 0 Å². The van der Waals surface area contributed by atoms with E-state index in [9.17, 15) is 13.2 Å². The van der Waals surface area contributed by atoms with Gasteiger partial charge in [-0.05, 0) is 30.9 Å². The molecule has 0 aliphatic carbocycles. The summed E-state index contributed by atoms with van der Waals surface area (Å²) in [6, 6.07) is 3.77. The number of nitrogens with zero attached hydrogens (tertiary/aromatic N) is 2. The highest BCUT2D eigenvalue weighted by atomic mass is 32.2. The van der Waals surface area contributed by atoms with Crippen LogP contribution in [0, 0.1) is 5.92 Å². The Morgan fingerprint density at radius 1 is 1.19 bits per heavy atom. The molecule has 21 heavy (non-hydrogen) atoms. The molecule has 2 heterocycles. The molecule has 1 aromatic heterocycles. The number of hydrogen-bond acceptors (Lipinski definition) is 3. The second-order valence-corrected chi connectivity index (χ2v) is 8.48. The lowest BCUT2D eigenvalue weighted by molar-refractivity contribution is -0.132. The van der Waals surface area contributed by atoms with Gasteiger partial charge in [-0.2, -0.15) is 0 Å². The summed E-state index contributed by atoms with van der Waals surface area (Å²) < 4.78 is 26.3. The molecule has 1 saturated heterocycles. The Labute approximate surface area is 126 Å². The predicted octanol–water partition coefficient (Wildman–Crippen LogP) is 1.55. The molecule has 118 valence electrons. The van der Waals surface area contributed by atoms with E-state index < -0.39 is 9.84 Å². The molecule has 1 amide bonds. The fourth-order valence-corrected chi connectivity index (χ4v) is 4.93. The van der Waals surface area contributed by atoms with Gasteiger partial charge in [0.05, 0.1) is 11.0 Å². The Morgan fingerprint density at radius 3 is 2.29 bits per heavy atom. The Morgan fingerprint density at radius 2 is 1.76 bits per heavy atom. The van der Waals surface area contributed by atoms with Crippen LogP contribution in [0.1, 0.15) is 26.7 Å². The molecule has 2 rings (SSSR count). The van der Waals surface area contributed by atoms with Gasteiger partial charge in [0, 0.05) is 25.5 Å². The minimum Gasteiger partial charge on any atom is -0.345 e. The van der Waals surface area contributed by atoms with Crippen LogP contribution >= 0.6 is 0 Å². The van der Waals surface area contributed by atoms with Crippen LogP contribution < -0.4 is 0 Å². The van der Waals surface area contributed by atoms with Gasteiger partial charge < -0.3 is 9.47 Å². The molecule has 0 N–H and O–H groups in total. The monoisotopic (exact) mass is 312 g/mol. The Hall–Kier alpha value is -1.30. The third kappa shape index (κ3) is 4.33. The minimum absolute atomic E-state index is 0.0610. The van der Waals surface area contributed by atoms with Crippen molar-refractivity contribution in [3.05, 3.63) is 24.5 Å². The summed E-state index contributed by atoms with van der Waals surface area (Å²) in [5.41, 5.74) is 0. The summed E-state index contributed by atoms with van der Waals surface area (Å²) in [5, 5.41) is -0.282. The van der Waals surface area contributed by atoms with Gasteiger partial charge in [0.2, 0.25) is 5.91 Å². The smallest absolute Gasteiger partial charge is 0.242 e. The van der Waals surface area contributed by atoms with Crippen LogP contribution in [0.4, 0.5) is 0 Å². The van der Waals surface area contributed by atoms with Crippen molar-refractivity contribution in [3.8, 4) is 0 Å². The van der Waals surface area contributed by atoms with Crippen LogP contribution in [0.3, 0.4) is 0 Å². The third-order valence-corrected chi connectivity index (χ3v) is 6.47. The van der Waals surface area contributed by atoms with Gasteiger partial charge in [0.15, 0.2) is 9.84 Å². The summed E-state index contributed by atoms with van der Waals surface area (Å²) in [5.74, 6) is 0.462. The summed E-state index contributed by atoms with van der Waals surface area (Å²) in [4.78, 5) is 13.9.